The van der Waals surface area contributed by atoms with Gasteiger partial charge in [-0.15, -0.1) is 0 Å². The maximum Gasteiger partial charge on any atom is 0.0111 e. The minimum atomic E-state index is 0.821. The molecule has 0 bridgehead atoms. The molecule has 1 aliphatic carbocycles. The lowest BCUT2D eigenvalue weighted by atomic mass is 10.1. The summed E-state index contributed by atoms with van der Waals surface area (Å²) in [4.78, 5) is 2.82. The molecule has 2 heteroatoms. The molecule has 1 saturated carbocycles. The number of hydrogen-bond acceptors (Lipinski definition) is 2. The molecule has 1 N–H and O–H groups in total. The lowest BCUT2D eigenvalue weighted by Gasteiger charge is -2.32. The van der Waals surface area contributed by atoms with Crippen LogP contribution < -0.4 is 5.32 Å². The van der Waals surface area contributed by atoms with E-state index >= 15 is 0 Å². The summed E-state index contributed by atoms with van der Waals surface area (Å²) in [5.41, 5.74) is 0. The average molecular weight is 210 g/mol. The van der Waals surface area contributed by atoms with Gasteiger partial charge in [0.05, 0.1) is 0 Å². The van der Waals surface area contributed by atoms with Gasteiger partial charge in [-0.1, -0.05) is 13.8 Å². The lowest BCUT2D eigenvalue weighted by Crippen LogP contribution is -2.40. The van der Waals surface area contributed by atoms with Gasteiger partial charge in [0.15, 0.2) is 0 Å². The van der Waals surface area contributed by atoms with Gasteiger partial charge in [-0.2, -0.15) is 0 Å². The molecule has 0 aromatic rings. The van der Waals surface area contributed by atoms with Crippen LogP contribution in [0.15, 0.2) is 0 Å². The van der Waals surface area contributed by atoms with Crippen LogP contribution in [0.2, 0.25) is 0 Å². The largest absolute Gasteiger partial charge is 0.317 e. The summed E-state index contributed by atoms with van der Waals surface area (Å²) >= 11 is 0. The number of hydrogen-bond donors (Lipinski definition) is 1. The fourth-order valence-electron chi connectivity index (χ4n) is 2.76. The van der Waals surface area contributed by atoms with E-state index in [9.17, 15) is 0 Å². The normalized spacial score (nSPS) is 28.4. The monoisotopic (exact) mass is 210 g/mol. The minimum Gasteiger partial charge on any atom is -0.317 e. The first-order valence-corrected chi connectivity index (χ1v) is 6.74. The molecule has 1 saturated heterocycles. The molecular formula is C13H26N2. The molecule has 1 atom stereocenters. The van der Waals surface area contributed by atoms with E-state index in [1.54, 1.807) is 0 Å². The van der Waals surface area contributed by atoms with E-state index in [1.165, 1.54) is 51.7 Å². The topological polar surface area (TPSA) is 15.3 Å². The van der Waals surface area contributed by atoms with Crippen LogP contribution in [0.3, 0.4) is 0 Å². The molecule has 2 aliphatic rings. The van der Waals surface area contributed by atoms with E-state index in [2.05, 4.69) is 24.1 Å². The Morgan fingerprint density at radius 1 is 1.07 bits per heavy atom. The third-order valence-electron chi connectivity index (χ3n) is 3.61. The van der Waals surface area contributed by atoms with Crippen molar-refractivity contribution in [3.8, 4) is 0 Å². The Hall–Kier alpha value is -0.0800. The molecule has 0 amide bonds. The Kier molecular flexibility index (Phi) is 4.04. The molecule has 15 heavy (non-hydrogen) atoms. The van der Waals surface area contributed by atoms with Crippen molar-refractivity contribution >= 4 is 0 Å². The molecule has 1 aliphatic heterocycles. The van der Waals surface area contributed by atoms with Crippen molar-refractivity contribution in [1.82, 2.24) is 10.2 Å². The molecule has 2 nitrogen and oxygen atoms in total. The van der Waals surface area contributed by atoms with E-state index in [0.29, 0.717) is 0 Å². The number of nitrogens with zero attached hydrogens (tertiary/aromatic N) is 1. The van der Waals surface area contributed by atoms with Crippen LogP contribution in [0.4, 0.5) is 0 Å². The van der Waals surface area contributed by atoms with Crippen molar-refractivity contribution in [1.29, 1.82) is 0 Å². The molecule has 2 fully saturated rings. The van der Waals surface area contributed by atoms with Crippen LogP contribution >= 0.6 is 0 Å². The maximum absolute atomic E-state index is 3.52. The van der Waals surface area contributed by atoms with Crippen molar-refractivity contribution in [2.75, 3.05) is 19.6 Å². The summed E-state index contributed by atoms with van der Waals surface area (Å²) in [5.74, 6) is 0.821. The second-order valence-corrected chi connectivity index (χ2v) is 5.66. The molecule has 1 unspecified atom stereocenters. The molecule has 88 valence electrons. The Balaban J connectivity index is 1.89. The van der Waals surface area contributed by atoms with Gasteiger partial charge < -0.3 is 5.32 Å². The van der Waals surface area contributed by atoms with Gasteiger partial charge in [-0.3, -0.25) is 4.90 Å². The van der Waals surface area contributed by atoms with Crippen LogP contribution in [0, 0.1) is 5.92 Å². The zero-order valence-corrected chi connectivity index (χ0v) is 10.3. The summed E-state index contributed by atoms with van der Waals surface area (Å²) in [7, 11) is 0. The van der Waals surface area contributed by atoms with Gasteiger partial charge in [-0.25, -0.2) is 0 Å². The number of nitrogens with one attached hydrogen (secondary N) is 1. The summed E-state index contributed by atoms with van der Waals surface area (Å²) < 4.78 is 0. The van der Waals surface area contributed by atoms with E-state index < -0.39 is 0 Å². The van der Waals surface area contributed by atoms with Crippen LogP contribution in [-0.2, 0) is 0 Å². The molecule has 0 aromatic carbocycles. The quantitative estimate of drug-likeness (QED) is 0.765. The van der Waals surface area contributed by atoms with Crippen LogP contribution in [-0.4, -0.2) is 36.6 Å². The summed E-state index contributed by atoms with van der Waals surface area (Å²) in [6, 6.07) is 1.81. The van der Waals surface area contributed by atoms with E-state index in [0.717, 1.165) is 18.0 Å². The van der Waals surface area contributed by atoms with Gasteiger partial charge in [0.1, 0.15) is 0 Å². The fraction of sp³-hybridized carbons (Fsp3) is 1.00. The Bertz CT molecular complexity index is 179. The van der Waals surface area contributed by atoms with Gasteiger partial charge in [-0.05, 0) is 51.1 Å². The predicted molar refractivity (Wildman–Crippen MR) is 65.1 cm³/mol. The summed E-state index contributed by atoms with van der Waals surface area (Å²) in [6.07, 6.45) is 7.05. The van der Waals surface area contributed by atoms with Gasteiger partial charge in [0.2, 0.25) is 0 Å². The average Bonchev–Trinajstić information content (AvgIpc) is 3.02. The molecule has 0 radical (unpaired) electrons. The van der Waals surface area contributed by atoms with Crippen molar-refractivity contribution in [2.24, 2.45) is 5.92 Å². The van der Waals surface area contributed by atoms with Gasteiger partial charge in [0, 0.05) is 18.6 Å². The summed E-state index contributed by atoms with van der Waals surface area (Å²) in [5, 5.41) is 3.52. The van der Waals surface area contributed by atoms with E-state index in [1.807, 2.05) is 0 Å². The Morgan fingerprint density at radius 3 is 2.47 bits per heavy atom. The van der Waals surface area contributed by atoms with Crippen molar-refractivity contribution in [3.05, 3.63) is 0 Å². The summed E-state index contributed by atoms with van der Waals surface area (Å²) in [6.45, 7) is 8.48. The molecule has 2 rings (SSSR count). The molecule has 0 aromatic heterocycles. The second kappa shape index (κ2) is 5.31. The first kappa shape index (κ1) is 11.4. The Morgan fingerprint density at radius 2 is 1.80 bits per heavy atom. The highest BCUT2D eigenvalue weighted by atomic mass is 15.2. The minimum absolute atomic E-state index is 0.821. The Labute approximate surface area is 94.4 Å². The van der Waals surface area contributed by atoms with Gasteiger partial charge >= 0.3 is 0 Å². The highest BCUT2D eigenvalue weighted by Gasteiger charge is 2.33. The molecule has 1 heterocycles. The molecule has 0 spiro atoms. The first-order chi connectivity index (χ1) is 7.27. The van der Waals surface area contributed by atoms with Gasteiger partial charge in [0.25, 0.3) is 0 Å². The highest BCUT2D eigenvalue weighted by molar-refractivity contribution is 4.90. The van der Waals surface area contributed by atoms with Crippen molar-refractivity contribution in [3.63, 3.8) is 0 Å². The van der Waals surface area contributed by atoms with Crippen LogP contribution in [0.1, 0.15) is 46.0 Å². The van der Waals surface area contributed by atoms with Crippen molar-refractivity contribution in [2.45, 2.75) is 58.0 Å². The predicted octanol–water partition coefficient (Wildman–Crippen LogP) is 2.25. The van der Waals surface area contributed by atoms with E-state index in [-0.39, 0.29) is 0 Å². The third-order valence-corrected chi connectivity index (χ3v) is 3.61. The first-order valence-electron chi connectivity index (χ1n) is 6.74. The third kappa shape index (κ3) is 3.46. The zero-order chi connectivity index (χ0) is 10.7. The SMILES string of the molecule is CC(C)CN(C1CCCNCC1)C1CC1. The van der Waals surface area contributed by atoms with Crippen molar-refractivity contribution < 1.29 is 0 Å². The van der Waals surface area contributed by atoms with Crippen LogP contribution in [0.25, 0.3) is 0 Å². The van der Waals surface area contributed by atoms with E-state index in [4.69, 9.17) is 0 Å². The second-order valence-electron chi connectivity index (χ2n) is 5.66. The number of rotatable bonds is 4. The molecular weight excluding hydrogens is 184 g/mol. The zero-order valence-electron chi connectivity index (χ0n) is 10.3. The standard InChI is InChI=1S/C13H26N2/c1-11(2)10-15(13-5-6-13)12-4-3-8-14-9-7-12/h11-14H,3-10H2,1-2H3. The van der Waals surface area contributed by atoms with Crippen LogP contribution in [0.5, 0.6) is 0 Å². The highest BCUT2D eigenvalue weighted by Crippen LogP contribution is 2.31. The smallest absolute Gasteiger partial charge is 0.0111 e. The lowest BCUT2D eigenvalue weighted by molar-refractivity contribution is 0.153. The maximum atomic E-state index is 3.52. The fourth-order valence-corrected chi connectivity index (χ4v) is 2.76.